The molecule has 1 N–H and O–H groups in total. The number of para-hydroxylation sites is 1. The predicted molar refractivity (Wildman–Crippen MR) is 124 cm³/mol. The Morgan fingerprint density at radius 1 is 1.03 bits per heavy atom. The maximum Gasteiger partial charge on any atom is 0.264 e. The standard InChI is InChI=1S/C22H21ClN2O3S2/c1-16-10-12-19(13-11-16)30(27,28)25(18-7-5-6-17(23)14-18)15-22(26)24-20-8-3-4-9-21(20)29-2/h3-14H,15H2,1-2H3,(H,24,26). The summed E-state index contributed by atoms with van der Waals surface area (Å²) < 4.78 is 27.8. The van der Waals surface area contributed by atoms with Gasteiger partial charge in [0.1, 0.15) is 6.54 Å². The lowest BCUT2D eigenvalue weighted by Gasteiger charge is -2.24. The highest BCUT2D eigenvalue weighted by Crippen LogP contribution is 2.28. The van der Waals surface area contributed by atoms with Crippen LogP contribution in [0.4, 0.5) is 11.4 Å². The lowest BCUT2D eigenvalue weighted by atomic mass is 10.2. The van der Waals surface area contributed by atoms with Crippen LogP contribution in [0.25, 0.3) is 0 Å². The molecule has 0 spiro atoms. The number of nitrogens with zero attached hydrogens (tertiary/aromatic N) is 1. The monoisotopic (exact) mass is 460 g/mol. The zero-order valence-corrected chi connectivity index (χ0v) is 18.9. The highest BCUT2D eigenvalue weighted by Gasteiger charge is 2.27. The molecule has 0 aliphatic carbocycles. The van der Waals surface area contributed by atoms with E-state index in [0.29, 0.717) is 16.4 Å². The summed E-state index contributed by atoms with van der Waals surface area (Å²) in [5, 5.41) is 3.19. The van der Waals surface area contributed by atoms with Crippen molar-refractivity contribution in [1.82, 2.24) is 0 Å². The van der Waals surface area contributed by atoms with E-state index in [1.54, 1.807) is 36.4 Å². The normalized spacial score (nSPS) is 11.2. The predicted octanol–water partition coefficient (Wildman–Crippen LogP) is 5.20. The molecule has 0 fully saturated rings. The van der Waals surface area contributed by atoms with Gasteiger partial charge in [0, 0.05) is 9.92 Å². The van der Waals surface area contributed by atoms with Gasteiger partial charge in [-0.1, -0.05) is 47.5 Å². The third-order valence-corrected chi connectivity index (χ3v) is 7.19. The molecule has 0 atom stereocenters. The summed E-state index contributed by atoms with van der Waals surface area (Å²) in [7, 11) is -3.98. The van der Waals surface area contributed by atoms with E-state index in [1.807, 2.05) is 31.4 Å². The van der Waals surface area contributed by atoms with Crippen molar-refractivity contribution in [3.05, 3.63) is 83.4 Å². The average Bonchev–Trinajstić information content (AvgIpc) is 2.72. The van der Waals surface area contributed by atoms with E-state index in [-0.39, 0.29) is 11.4 Å². The summed E-state index contributed by atoms with van der Waals surface area (Å²) >= 11 is 7.58. The van der Waals surface area contributed by atoms with Gasteiger partial charge in [0.05, 0.1) is 16.3 Å². The van der Waals surface area contributed by atoms with Crippen LogP contribution in [0.2, 0.25) is 5.02 Å². The molecule has 156 valence electrons. The van der Waals surface area contributed by atoms with Crippen LogP contribution in [-0.2, 0) is 14.8 Å². The Hall–Kier alpha value is -2.48. The number of anilines is 2. The van der Waals surface area contributed by atoms with Crippen molar-refractivity contribution >= 4 is 50.7 Å². The van der Waals surface area contributed by atoms with Crippen molar-refractivity contribution in [1.29, 1.82) is 0 Å². The van der Waals surface area contributed by atoms with E-state index >= 15 is 0 Å². The van der Waals surface area contributed by atoms with Crippen molar-refractivity contribution in [2.75, 3.05) is 22.4 Å². The molecular formula is C22H21ClN2O3S2. The van der Waals surface area contributed by atoms with Crippen molar-refractivity contribution in [2.24, 2.45) is 0 Å². The Kier molecular flexibility index (Phi) is 7.07. The molecule has 8 heteroatoms. The first-order chi connectivity index (χ1) is 14.3. The van der Waals surface area contributed by atoms with Crippen molar-refractivity contribution in [3.8, 4) is 0 Å². The summed E-state index contributed by atoms with van der Waals surface area (Å²) in [4.78, 5) is 13.8. The van der Waals surface area contributed by atoms with Crippen molar-refractivity contribution in [3.63, 3.8) is 0 Å². The molecule has 0 heterocycles. The number of amides is 1. The molecule has 5 nitrogen and oxygen atoms in total. The quantitative estimate of drug-likeness (QED) is 0.492. The van der Waals surface area contributed by atoms with E-state index in [2.05, 4.69) is 5.32 Å². The molecule has 3 rings (SSSR count). The smallest absolute Gasteiger partial charge is 0.264 e. The van der Waals surface area contributed by atoms with Gasteiger partial charge in [-0.05, 0) is 55.6 Å². The minimum atomic E-state index is -3.98. The maximum atomic E-state index is 13.4. The molecule has 1 amide bonds. The minimum absolute atomic E-state index is 0.102. The lowest BCUT2D eigenvalue weighted by molar-refractivity contribution is -0.114. The Morgan fingerprint density at radius 3 is 2.40 bits per heavy atom. The van der Waals surface area contributed by atoms with Gasteiger partial charge in [-0.3, -0.25) is 9.10 Å². The van der Waals surface area contributed by atoms with Crippen LogP contribution in [0.5, 0.6) is 0 Å². The summed E-state index contributed by atoms with van der Waals surface area (Å²) in [5.41, 5.74) is 1.89. The van der Waals surface area contributed by atoms with Crippen molar-refractivity contribution in [2.45, 2.75) is 16.7 Å². The van der Waals surface area contributed by atoms with Crippen LogP contribution in [0.3, 0.4) is 0 Å². The van der Waals surface area contributed by atoms with Gasteiger partial charge in [-0.15, -0.1) is 11.8 Å². The molecule has 0 bridgehead atoms. The van der Waals surface area contributed by atoms with E-state index in [4.69, 9.17) is 11.6 Å². The highest BCUT2D eigenvalue weighted by atomic mass is 35.5. The second kappa shape index (κ2) is 9.55. The Labute approximate surface area is 186 Å². The third-order valence-electron chi connectivity index (χ3n) is 4.37. The van der Waals surface area contributed by atoms with Crippen LogP contribution in [0.1, 0.15) is 5.56 Å². The number of hydrogen-bond donors (Lipinski definition) is 1. The molecule has 0 aliphatic rings. The van der Waals surface area contributed by atoms with Gasteiger partial charge in [0.2, 0.25) is 5.91 Å². The van der Waals surface area contributed by atoms with Gasteiger partial charge in [-0.25, -0.2) is 8.42 Å². The summed E-state index contributed by atoms with van der Waals surface area (Å²) in [6, 6.07) is 20.3. The van der Waals surface area contributed by atoms with E-state index in [0.717, 1.165) is 14.8 Å². The first-order valence-corrected chi connectivity index (χ1v) is 12.1. The van der Waals surface area contributed by atoms with Crippen LogP contribution in [-0.4, -0.2) is 27.1 Å². The molecule has 3 aromatic rings. The molecule has 0 unspecified atom stereocenters. The number of sulfonamides is 1. The van der Waals surface area contributed by atoms with Gasteiger partial charge in [0.25, 0.3) is 10.0 Å². The number of benzene rings is 3. The Morgan fingerprint density at radius 2 is 1.73 bits per heavy atom. The van der Waals surface area contributed by atoms with Crippen LogP contribution < -0.4 is 9.62 Å². The molecule has 0 saturated carbocycles. The molecule has 0 radical (unpaired) electrons. The molecule has 0 saturated heterocycles. The van der Waals surface area contributed by atoms with Crippen molar-refractivity contribution < 1.29 is 13.2 Å². The first-order valence-electron chi connectivity index (χ1n) is 9.09. The topological polar surface area (TPSA) is 66.5 Å². The highest BCUT2D eigenvalue weighted by molar-refractivity contribution is 7.98. The van der Waals surface area contributed by atoms with E-state index in [9.17, 15) is 13.2 Å². The number of aryl methyl sites for hydroxylation is 1. The molecule has 0 aromatic heterocycles. The number of nitrogens with one attached hydrogen (secondary N) is 1. The minimum Gasteiger partial charge on any atom is -0.323 e. The number of carbonyl (C=O) groups is 1. The molecular weight excluding hydrogens is 440 g/mol. The fraction of sp³-hybridized carbons (Fsp3) is 0.136. The maximum absolute atomic E-state index is 13.4. The zero-order chi connectivity index (χ0) is 21.7. The van der Waals surface area contributed by atoms with E-state index in [1.165, 1.54) is 30.0 Å². The fourth-order valence-electron chi connectivity index (χ4n) is 2.85. The number of rotatable bonds is 7. The number of carbonyl (C=O) groups excluding carboxylic acids is 1. The zero-order valence-electron chi connectivity index (χ0n) is 16.5. The third kappa shape index (κ3) is 5.16. The largest absolute Gasteiger partial charge is 0.323 e. The number of thioether (sulfide) groups is 1. The van der Waals surface area contributed by atoms with Crippen LogP contribution >= 0.6 is 23.4 Å². The van der Waals surface area contributed by atoms with Gasteiger partial charge >= 0.3 is 0 Å². The van der Waals surface area contributed by atoms with Gasteiger partial charge in [0.15, 0.2) is 0 Å². The molecule has 0 aliphatic heterocycles. The number of halogens is 1. The van der Waals surface area contributed by atoms with Gasteiger partial charge in [-0.2, -0.15) is 0 Å². The molecule has 30 heavy (non-hydrogen) atoms. The lowest BCUT2D eigenvalue weighted by Crippen LogP contribution is -2.38. The SMILES string of the molecule is CSc1ccccc1NC(=O)CN(c1cccc(Cl)c1)S(=O)(=O)c1ccc(C)cc1. The summed E-state index contributed by atoms with van der Waals surface area (Å²) in [6.07, 6.45) is 1.91. The second-order valence-electron chi connectivity index (χ2n) is 6.55. The van der Waals surface area contributed by atoms with Crippen LogP contribution in [0.15, 0.2) is 82.6 Å². The number of hydrogen-bond acceptors (Lipinski definition) is 4. The van der Waals surface area contributed by atoms with E-state index < -0.39 is 15.9 Å². The second-order valence-corrected chi connectivity index (χ2v) is 9.70. The Balaban J connectivity index is 1.96. The summed E-state index contributed by atoms with van der Waals surface area (Å²) in [5.74, 6) is -0.452. The fourth-order valence-corrected chi connectivity index (χ4v) is 5.00. The first kappa shape index (κ1) is 22.2. The molecule has 3 aromatic carbocycles. The average molecular weight is 461 g/mol. The van der Waals surface area contributed by atoms with Crippen LogP contribution in [0, 0.1) is 6.92 Å². The van der Waals surface area contributed by atoms with Gasteiger partial charge < -0.3 is 5.32 Å². The Bertz CT molecular complexity index is 1150. The summed E-state index contributed by atoms with van der Waals surface area (Å²) in [6.45, 7) is 1.49.